The molecule has 0 aromatic carbocycles. The second kappa shape index (κ2) is 4.68. The van der Waals surface area contributed by atoms with Gasteiger partial charge in [-0.3, -0.25) is 4.79 Å². The van der Waals surface area contributed by atoms with Crippen molar-refractivity contribution in [2.45, 2.75) is 6.92 Å². The monoisotopic (exact) mass is 161 g/mol. The molecule has 0 aromatic heterocycles. The zero-order valence-corrected chi connectivity index (χ0v) is 6.53. The molecule has 0 aromatic rings. The normalized spacial score (nSPS) is 9.00. The number of hydrogen-bond acceptors (Lipinski definition) is 4. The van der Waals surface area contributed by atoms with Gasteiger partial charge in [0.05, 0.1) is 6.61 Å². The Bertz CT molecular complexity index is 157. The number of hydrogen-bond donors (Lipinski definition) is 1. The van der Waals surface area contributed by atoms with E-state index in [1.165, 1.54) is 7.05 Å². The summed E-state index contributed by atoms with van der Waals surface area (Å²) in [7, 11) is 1.25. The summed E-state index contributed by atoms with van der Waals surface area (Å²) >= 11 is 0. The Hall–Kier alpha value is -1.10. The minimum atomic E-state index is -0.744. The number of carbonyl (C=O) groups is 2. The molecule has 0 saturated carbocycles. The molecule has 1 N–H and O–H groups in total. The average Bonchev–Trinajstić information content (AvgIpc) is 2.02. The van der Waals surface area contributed by atoms with Gasteiger partial charge in [-0.1, -0.05) is 0 Å². The van der Waals surface area contributed by atoms with Crippen LogP contribution in [0.5, 0.6) is 0 Å². The van der Waals surface area contributed by atoms with Crippen molar-refractivity contribution in [1.82, 2.24) is 4.90 Å². The molecule has 0 spiro atoms. The van der Waals surface area contributed by atoms with Crippen LogP contribution in [0, 0.1) is 0 Å². The van der Waals surface area contributed by atoms with Crippen LogP contribution >= 0.6 is 0 Å². The highest BCUT2D eigenvalue weighted by Gasteiger charge is 2.15. The lowest BCUT2D eigenvalue weighted by molar-refractivity contribution is -0.131. The summed E-state index contributed by atoms with van der Waals surface area (Å²) < 4.78 is 4.48. The van der Waals surface area contributed by atoms with Gasteiger partial charge >= 0.3 is 6.09 Å². The molecule has 5 nitrogen and oxygen atoms in total. The van der Waals surface area contributed by atoms with E-state index in [0.29, 0.717) is 0 Å². The van der Waals surface area contributed by atoms with Crippen LogP contribution in [-0.2, 0) is 9.53 Å². The summed E-state index contributed by atoms with van der Waals surface area (Å²) in [4.78, 5) is 22.0. The predicted molar refractivity (Wildman–Crippen MR) is 36.9 cm³/mol. The van der Waals surface area contributed by atoms with Crippen molar-refractivity contribution < 1.29 is 19.4 Å². The lowest BCUT2D eigenvalue weighted by atomic mass is 10.6. The second-order valence-corrected chi connectivity index (χ2v) is 1.81. The predicted octanol–water partition coefficient (Wildman–Crippen LogP) is -0.406. The van der Waals surface area contributed by atoms with E-state index in [4.69, 9.17) is 5.11 Å². The maximum atomic E-state index is 10.7. The highest BCUT2D eigenvalue weighted by molar-refractivity contribution is 5.92. The minimum absolute atomic E-state index is 0.210. The van der Waals surface area contributed by atoms with E-state index in [2.05, 4.69) is 4.74 Å². The van der Waals surface area contributed by atoms with Crippen LogP contribution in [0.1, 0.15) is 6.92 Å². The molecule has 0 fully saturated rings. The number of ether oxygens (including phenoxy) is 1. The van der Waals surface area contributed by atoms with Gasteiger partial charge in [-0.2, -0.15) is 0 Å². The molecule has 0 radical (unpaired) electrons. The van der Waals surface area contributed by atoms with E-state index in [1.807, 2.05) is 0 Å². The first-order chi connectivity index (χ1) is 5.13. The van der Waals surface area contributed by atoms with Crippen LogP contribution in [0.3, 0.4) is 0 Å². The van der Waals surface area contributed by atoms with Gasteiger partial charge in [0.15, 0.2) is 0 Å². The van der Waals surface area contributed by atoms with E-state index < -0.39 is 18.6 Å². The highest BCUT2D eigenvalue weighted by atomic mass is 16.6. The number of aliphatic hydroxyl groups is 1. The summed E-state index contributed by atoms with van der Waals surface area (Å²) in [5, 5.41) is 8.32. The Labute approximate surface area is 64.6 Å². The average molecular weight is 161 g/mol. The highest BCUT2D eigenvalue weighted by Crippen LogP contribution is 1.89. The number of likely N-dealkylation sites (N-methyl/N-ethyl adjacent to an activating group) is 1. The molecule has 0 unspecified atom stereocenters. The summed E-state index contributed by atoms with van der Waals surface area (Å²) in [6.07, 6.45) is -0.744. The first kappa shape index (κ1) is 9.90. The van der Waals surface area contributed by atoms with Crippen LogP contribution < -0.4 is 0 Å². The van der Waals surface area contributed by atoms with E-state index in [0.717, 1.165) is 4.90 Å². The third-order valence-electron chi connectivity index (χ3n) is 1.05. The summed E-state index contributed by atoms with van der Waals surface area (Å²) in [5.74, 6) is -0.677. The maximum absolute atomic E-state index is 10.7. The van der Waals surface area contributed by atoms with Gasteiger partial charge in [0, 0.05) is 7.05 Å². The van der Waals surface area contributed by atoms with Crippen molar-refractivity contribution in [2.75, 3.05) is 20.3 Å². The Morgan fingerprint density at radius 3 is 2.45 bits per heavy atom. The summed E-state index contributed by atoms with van der Waals surface area (Å²) in [6, 6.07) is 0. The first-order valence-corrected chi connectivity index (χ1v) is 3.17. The number of carbonyl (C=O) groups excluding carboxylic acids is 2. The van der Waals surface area contributed by atoms with Crippen molar-refractivity contribution in [3.8, 4) is 0 Å². The molecule has 0 saturated heterocycles. The van der Waals surface area contributed by atoms with Gasteiger partial charge < -0.3 is 9.84 Å². The maximum Gasteiger partial charge on any atom is 0.416 e. The number of imide groups is 1. The molecule has 0 atom stereocenters. The number of nitrogens with zero attached hydrogens (tertiary/aromatic N) is 1. The zero-order chi connectivity index (χ0) is 8.85. The SMILES string of the molecule is CCOC(=O)N(C)C(=O)CO. The second-order valence-electron chi connectivity index (χ2n) is 1.81. The minimum Gasteiger partial charge on any atom is -0.449 e. The van der Waals surface area contributed by atoms with Crippen LogP contribution in [0.2, 0.25) is 0 Å². The van der Waals surface area contributed by atoms with Crippen LogP contribution in [0.4, 0.5) is 4.79 Å². The fourth-order valence-electron chi connectivity index (χ4n) is 0.428. The standard InChI is InChI=1S/C6H11NO4/c1-3-11-6(10)7(2)5(9)4-8/h8H,3-4H2,1-2H3. The Morgan fingerprint density at radius 2 is 2.09 bits per heavy atom. The van der Waals surface area contributed by atoms with Gasteiger partial charge in [0.1, 0.15) is 6.61 Å². The molecule has 64 valence electrons. The summed E-state index contributed by atoms with van der Waals surface area (Å²) in [5.41, 5.74) is 0. The molecular formula is C6H11NO4. The van der Waals surface area contributed by atoms with Gasteiger partial charge in [0.25, 0.3) is 5.91 Å². The number of rotatable bonds is 2. The van der Waals surface area contributed by atoms with Gasteiger partial charge in [-0.25, -0.2) is 9.69 Å². The van der Waals surface area contributed by atoms with Crippen LogP contribution in [-0.4, -0.2) is 42.3 Å². The molecule has 0 aliphatic rings. The third kappa shape index (κ3) is 2.99. The van der Waals surface area contributed by atoms with Crippen molar-refractivity contribution in [1.29, 1.82) is 0 Å². The fourth-order valence-corrected chi connectivity index (χ4v) is 0.428. The summed E-state index contributed by atoms with van der Waals surface area (Å²) in [6.45, 7) is 1.16. The topological polar surface area (TPSA) is 66.8 Å². The van der Waals surface area contributed by atoms with Crippen LogP contribution in [0.25, 0.3) is 0 Å². The molecule has 0 aliphatic carbocycles. The van der Waals surface area contributed by atoms with Crippen LogP contribution in [0.15, 0.2) is 0 Å². The van der Waals surface area contributed by atoms with Gasteiger partial charge in [-0.05, 0) is 6.92 Å². The van der Waals surface area contributed by atoms with Crippen molar-refractivity contribution in [3.05, 3.63) is 0 Å². The van der Waals surface area contributed by atoms with Gasteiger partial charge in [0.2, 0.25) is 0 Å². The molecule has 0 bridgehead atoms. The van der Waals surface area contributed by atoms with E-state index in [9.17, 15) is 9.59 Å². The number of aliphatic hydroxyl groups excluding tert-OH is 1. The van der Waals surface area contributed by atoms with E-state index in [-0.39, 0.29) is 6.61 Å². The fraction of sp³-hybridized carbons (Fsp3) is 0.667. The molecule has 0 aliphatic heterocycles. The lowest BCUT2D eigenvalue weighted by Crippen LogP contribution is -2.35. The quantitative estimate of drug-likeness (QED) is 0.598. The van der Waals surface area contributed by atoms with Gasteiger partial charge in [-0.15, -0.1) is 0 Å². The molecule has 5 heteroatoms. The molecular weight excluding hydrogens is 150 g/mol. The van der Waals surface area contributed by atoms with E-state index in [1.54, 1.807) is 6.92 Å². The molecule has 11 heavy (non-hydrogen) atoms. The lowest BCUT2D eigenvalue weighted by Gasteiger charge is -2.12. The molecule has 0 rings (SSSR count). The molecule has 2 amide bonds. The molecule has 0 heterocycles. The Kier molecular flexibility index (Phi) is 4.21. The Morgan fingerprint density at radius 1 is 1.55 bits per heavy atom. The number of amides is 2. The van der Waals surface area contributed by atoms with E-state index >= 15 is 0 Å². The van der Waals surface area contributed by atoms with Crippen molar-refractivity contribution in [3.63, 3.8) is 0 Å². The largest absolute Gasteiger partial charge is 0.449 e. The van der Waals surface area contributed by atoms with Crippen molar-refractivity contribution >= 4 is 12.0 Å². The van der Waals surface area contributed by atoms with Crippen molar-refractivity contribution in [2.24, 2.45) is 0 Å². The Balaban J connectivity index is 3.91. The third-order valence-corrected chi connectivity index (χ3v) is 1.05. The first-order valence-electron chi connectivity index (χ1n) is 3.17. The smallest absolute Gasteiger partial charge is 0.416 e. The zero-order valence-electron chi connectivity index (χ0n) is 6.53.